The van der Waals surface area contributed by atoms with Crippen molar-refractivity contribution in [2.24, 2.45) is 0 Å². The van der Waals surface area contributed by atoms with Crippen molar-refractivity contribution >= 4 is 5.97 Å². The molecule has 4 nitrogen and oxygen atoms in total. The molecule has 0 aliphatic heterocycles. The Kier molecular flexibility index (Phi) is 33.6. The van der Waals surface area contributed by atoms with Crippen LogP contribution in [0.4, 0.5) is 0 Å². The van der Waals surface area contributed by atoms with Crippen molar-refractivity contribution in [2.75, 3.05) is 19.8 Å². The molecule has 0 heterocycles. The molecular formula is C36H70O4. The second-order valence-corrected chi connectivity index (χ2v) is 11.9. The molecule has 0 aromatic heterocycles. The SMILES string of the molecule is CCCCC/C=C\CCCCCCCC(=O)OC(CO)COCCCCCCCCCCCCCCCCCC. The van der Waals surface area contributed by atoms with E-state index in [0.29, 0.717) is 19.6 Å². The van der Waals surface area contributed by atoms with Crippen LogP contribution >= 0.6 is 0 Å². The number of aliphatic hydroxyl groups is 1. The first-order valence-electron chi connectivity index (χ1n) is 17.8. The largest absolute Gasteiger partial charge is 0.457 e. The van der Waals surface area contributed by atoms with Gasteiger partial charge in [-0.1, -0.05) is 154 Å². The fourth-order valence-corrected chi connectivity index (χ4v) is 5.15. The van der Waals surface area contributed by atoms with Crippen molar-refractivity contribution in [1.82, 2.24) is 0 Å². The Labute approximate surface area is 250 Å². The van der Waals surface area contributed by atoms with Crippen LogP contribution in [0.2, 0.25) is 0 Å². The summed E-state index contributed by atoms with van der Waals surface area (Å²) < 4.78 is 11.1. The molecule has 0 amide bonds. The Bertz CT molecular complexity index is 519. The van der Waals surface area contributed by atoms with Gasteiger partial charge in [0.25, 0.3) is 0 Å². The van der Waals surface area contributed by atoms with Crippen LogP contribution in [-0.2, 0) is 14.3 Å². The maximum absolute atomic E-state index is 12.1. The Hall–Kier alpha value is -0.870. The molecule has 1 atom stereocenters. The van der Waals surface area contributed by atoms with Crippen molar-refractivity contribution in [1.29, 1.82) is 0 Å². The highest BCUT2D eigenvalue weighted by molar-refractivity contribution is 5.69. The van der Waals surface area contributed by atoms with E-state index in [1.165, 1.54) is 148 Å². The minimum Gasteiger partial charge on any atom is -0.457 e. The summed E-state index contributed by atoms with van der Waals surface area (Å²) in [5, 5.41) is 9.53. The summed E-state index contributed by atoms with van der Waals surface area (Å²) >= 11 is 0. The Morgan fingerprint density at radius 3 is 1.48 bits per heavy atom. The molecule has 0 bridgehead atoms. The monoisotopic (exact) mass is 567 g/mol. The van der Waals surface area contributed by atoms with Crippen molar-refractivity contribution in [3.63, 3.8) is 0 Å². The number of ether oxygens (including phenoxy) is 2. The maximum Gasteiger partial charge on any atom is 0.306 e. The van der Waals surface area contributed by atoms with Gasteiger partial charge in [0.1, 0.15) is 6.10 Å². The molecule has 0 fully saturated rings. The fraction of sp³-hybridized carbons (Fsp3) is 0.917. The van der Waals surface area contributed by atoms with Crippen LogP contribution in [0, 0.1) is 0 Å². The normalized spacial score (nSPS) is 12.4. The molecule has 0 spiro atoms. The van der Waals surface area contributed by atoms with Gasteiger partial charge in [-0.15, -0.1) is 0 Å². The molecule has 0 aliphatic carbocycles. The highest BCUT2D eigenvalue weighted by atomic mass is 16.6. The van der Waals surface area contributed by atoms with E-state index in [2.05, 4.69) is 26.0 Å². The predicted octanol–water partition coefficient (Wildman–Crippen LogP) is 11.0. The van der Waals surface area contributed by atoms with E-state index < -0.39 is 6.10 Å². The quantitative estimate of drug-likeness (QED) is 0.0487. The van der Waals surface area contributed by atoms with Crippen molar-refractivity contribution in [3.8, 4) is 0 Å². The van der Waals surface area contributed by atoms with Gasteiger partial charge >= 0.3 is 5.97 Å². The van der Waals surface area contributed by atoms with Crippen LogP contribution in [0.3, 0.4) is 0 Å². The van der Waals surface area contributed by atoms with E-state index in [0.717, 1.165) is 19.3 Å². The van der Waals surface area contributed by atoms with Crippen LogP contribution in [0.25, 0.3) is 0 Å². The summed E-state index contributed by atoms with van der Waals surface area (Å²) in [7, 11) is 0. The Morgan fingerprint density at radius 1 is 0.575 bits per heavy atom. The average molecular weight is 567 g/mol. The standard InChI is InChI=1S/C36H70O4/c1-3-5-7-9-11-13-15-17-18-19-20-22-24-26-28-30-32-39-34-35(33-37)40-36(38)31-29-27-25-23-21-16-14-12-10-8-6-4-2/h12,14,35,37H,3-11,13,15-34H2,1-2H3/b14-12-. The molecule has 1 unspecified atom stereocenters. The molecule has 1 N–H and O–H groups in total. The van der Waals surface area contributed by atoms with Crippen molar-refractivity contribution in [2.45, 2.75) is 193 Å². The maximum atomic E-state index is 12.1. The zero-order valence-electron chi connectivity index (χ0n) is 27.1. The topological polar surface area (TPSA) is 55.8 Å². The summed E-state index contributed by atoms with van der Waals surface area (Å²) in [4.78, 5) is 12.1. The highest BCUT2D eigenvalue weighted by Gasteiger charge is 2.13. The number of hydrogen-bond donors (Lipinski definition) is 1. The van der Waals surface area contributed by atoms with Gasteiger partial charge in [-0.3, -0.25) is 4.79 Å². The highest BCUT2D eigenvalue weighted by Crippen LogP contribution is 2.14. The third-order valence-corrected chi connectivity index (χ3v) is 7.84. The van der Waals surface area contributed by atoms with E-state index >= 15 is 0 Å². The first kappa shape index (κ1) is 39.1. The van der Waals surface area contributed by atoms with E-state index in [1.807, 2.05) is 0 Å². The first-order valence-corrected chi connectivity index (χ1v) is 17.8. The predicted molar refractivity (Wildman–Crippen MR) is 173 cm³/mol. The second-order valence-electron chi connectivity index (χ2n) is 11.9. The average Bonchev–Trinajstić information content (AvgIpc) is 2.96. The Morgan fingerprint density at radius 2 is 0.975 bits per heavy atom. The number of carbonyl (C=O) groups excluding carboxylic acids is 1. The smallest absolute Gasteiger partial charge is 0.306 e. The number of carbonyl (C=O) groups is 1. The van der Waals surface area contributed by atoms with Gasteiger partial charge in [-0.05, 0) is 38.5 Å². The third-order valence-electron chi connectivity index (χ3n) is 7.84. The molecule has 0 aliphatic rings. The lowest BCUT2D eigenvalue weighted by Crippen LogP contribution is -2.27. The number of hydrogen-bond acceptors (Lipinski definition) is 4. The molecule has 238 valence electrons. The lowest BCUT2D eigenvalue weighted by molar-refractivity contribution is -0.154. The summed E-state index contributed by atoms with van der Waals surface area (Å²) in [5.74, 6) is -0.208. The van der Waals surface area contributed by atoms with E-state index in [9.17, 15) is 9.90 Å². The lowest BCUT2D eigenvalue weighted by Gasteiger charge is -2.15. The zero-order valence-corrected chi connectivity index (χ0v) is 27.1. The van der Waals surface area contributed by atoms with E-state index in [4.69, 9.17) is 9.47 Å². The number of aliphatic hydroxyl groups excluding tert-OH is 1. The second kappa shape index (κ2) is 34.3. The van der Waals surface area contributed by atoms with Gasteiger partial charge in [0, 0.05) is 13.0 Å². The number of rotatable bonds is 33. The molecule has 0 aromatic carbocycles. The van der Waals surface area contributed by atoms with Crippen molar-refractivity contribution < 1.29 is 19.4 Å². The zero-order chi connectivity index (χ0) is 29.2. The van der Waals surface area contributed by atoms with Crippen LogP contribution in [0.15, 0.2) is 12.2 Å². The van der Waals surface area contributed by atoms with Gasteiger partial charge in [-0.25, -0.2) is 0 Å². The van der Waals surface area contributed by atoms with Crippen molar-refractivity contribution in [3.05, 3.63) is 12.2 Å². The summed E-state index contributed by atoms with van der Waals surface area (Å²) in [5.41, 5.74) is 0. The molecular weight excluding hydrogens is 496 g/mol. The minimum absolute atomic E-state index is 0.170. The van der Waals surface area contributed by atoms with Gasteiger partial charge in [0.2, 0.25) is 0 Å². The summed E-state index contributed by atoms with van der Waals surface area (Å²) in [6.07, 6.45) is 38.2. The van der Waals surface area contributed by atoms with Gasteiger partial charge in [-0.2, -0.15) is 0 Å². The van der Waals surface area contributed by atoms with E-state index in [1.54, 1.807) is 0 Å². The molecule has 0 rings (SSSR count). The van der Waals surface area contributed by atoms with Gasteiger partial charge in [0.05, 0.1) is 13.2 Å². The summed E-state index contributed by atoms with van der Waals surface area (Å²) in [6, 6.07) is 0. The molecule has 0 saturated heterocycles. The van der Waals surface area contributed by atoms with Crippen LogP contribution in [0.1, 0.15) is 187 Å². The Balaban J connectivity index is 3.40. The van der Waals surface area contributed by atoms with Crippen LogP contribution in [0.5, 0.6) is 0 Å². The number of esters is 1. The third kappa shape index (κ3) is 31.7. The number of unbranched alkanes of at least 4 members (excludes halogenated alkanes) is 23. The van der Waals surface area contributed by atoms with E-state index in [-0.39, 0.29) is 12.6 Å². The van der Waals surface area contributed by atoms with Crippen LogP contribution in [-0.4, -0.2) is 37.0 Å². The first-order chi connectivity index (χ1) is 19.7. The molecule has 4 heteroatoms. The molecule has 40 heavy (non-hydrogen) atoms. The van der Waals surface area contributed by atoms with Crippen LogP contribution < -0.4 is 0 Å². The van der Waals surface area contributed by atoms with Gasteiger partial charge in [0.15, 0.2) is 0 Å². The minimum atomic E-state index is -0.530. The fourth-order valence-electron chi connectivity index (χ4n) is 5.15. The number of allylic oxidation sites excluding steroid dienone is 2. The lowest BCUT2D eigenvalue weighted by atomic mass is 10.0. The molecule has 0 aromatic rings. The van der Waals surface area contributed by atoms with Gasteiger partial charge < -0.3 is 14.6 Å². The molecule has 0 radical (unpaired) electrons. The molecule has 0 saturated carbocycles. The summed E-state index contributed by atoms with van der Waals surface area (Å²) in [6.45, 7) is 5.33.